The van der Waals surface area contributed by atoms with E-state index in [-0.39, 0.29) is 12.0 Å². The van der Waals surface area contributed by atoms with E-state index < -0.39 is 0 Å². The molecule has 0 heterocycles. The lowest BCUT2D eigenvalue weighted by Crippen LogP contribution is -2.23. The Balaban J connectivity index is 2.19. The van der Waals surface area contributed by atoms with Crippen molar-refractivity contribution >= 4 is 5.69 Å². The van der Waals surface area contributed by atoms with Crippen molar-refractivity contribution in [2.75, 3.05) is 5.32 Å². The lowest BCUT2D eigenvalue weighted by atomic mass is 10.0. The maximum absolute atomic E-state index is 9.04. The van der Waals surface area contributed by atoms with Crippen molar-refractivity contribution in [3.63, 3.8) is 0 Å². The van der Waals surface area contributed by atoms with Gasteiger partial charge in [0.25, 0.3) is 0 Å². The van der Waals surface area contributed by atoms with E-state index in [4.69, 9.17) is 10.5 Å². The molecular formula is C14H15N3. The van der Waals surface area contributed by atoms with E-state index >= 15 is 0 Å². The lowest BCUT2D eigenvalue weighted by molar-refractivity contribution is 0.629. The molecule has 0 spiro atoms. The van der Waals surface area contributed by atoms with Gasteiger partial charge < -0.3 is 5.32 Å². The van der Waals surface area contributed by atoms with Crippen molar-refractivity contribution in [1.29, 1.82) is 10.5 Å². The Morgan fingerprint density at radius 2 is 2.12 bits per heavy atom. The van der Waals surface area contributed by atoms with Gasteiger partial charge in [-0.1, -0.05) is 6.07 Å². The zero-order valence-electron chi connectivity index (χ0n) is 9.90. The Kier molecular flexibility index (Phi) is 3.30. The molecule has 1 aromatic carbocycles. The first-order valence-corrected chi connectivity index (χ1v) is 5.91. The van der Waals surface area contributed by atoms with Gasteiger partial charge in [-0.2, -0.15) is 10.5 Å². The van der Waals surface area contributed by atoms with Crippen molar-refractivity contribution < 1.29 is 0 Å². The number of hydrogen-bond donors (Lipinski definition) is 1. The van der Waals surface area contributed by atoms with Gasteiger partial charge in [-0.3, -0.25) is 0 Å². The topological polar surface area (TPSA) is 59.6 Å². The van der Waals surface area contributed by atoms with Crippen LogP contribution < -0.4 is 5.32 Å². The summed E-state index contributed by atoms with van der Waals surface area (Å²) in [7, 11) is 0. The van der Waals surface area contributed by atoms with Crippen LogP contribution in [0.25, 0.3) is 0 Å². The lowest BCUT2D eigenvalue weighted by Gasteiger charge is -2.18. The Bertz CT molecular complexity index is 493. The Morgan fingerprint density at radius 3 is 2.82 bits per heavy atom. The van der Waals surface area contributed by atoms with E-state index in [0.717, 1.165) is 30.5 Å². The molecule has 1 saturated carbocycles. The van der Waals surface area contributed by atoms with E-state index in [1.807, 2.05) is 25.1 Å². The summed E-state index contributed by atoms with van der Waals surface area (Å²) in [6.45, 7) is 2.01. The zero-order chi connectivity index (χ0) is 12.3. The summed E-state index contributed by atoms with van der Waals surface area (Å²) in [5.41, 5.74) is 2.76. The van der Waals surface area contributed by atoms with Crippen molar-refractivity contribution in [3.05, 3.63) is 29.3 Å². The molecule has 1 aliphatic carbocycles. The maximum Gasteiger partial charge on any atom is 0.0992 e. The normalized spacial score (nSPS) is 22.8. The minimum Gasteiger partial charge on any atom is -0.381 e. The van der Waals surface area contributed by atoms with Crippen molar-refractivity contribution in [3.8, 4) is 12.1 Å². The molecule has 0 saturated heterocycles. The number of hydrogen-bond acceptors (Lipinski definition) is 3. The molecule has 2 rings (SSSR count). The molecular weight excluding hydrogens is 210 g/mol. The molecule has 0 aliphatic heterocycles. The number of rotatable bonds is 2. The molecule has 86 valence electrons. The Labute approximate surface area is 102 Å². The average Bonchev–Trinajstić information content (AvgIpc) is 2.79. The van der Waals surface area contributed by atoms with Crippen LogP contribution in [0.15, 0.2) is 18.2 Å². The maximum atomic E-state index is 9.04. The second-order valence-electron chi connectivity index (χ2n) is 4.56. The van der Waals surface area contributed by atoms with Gasteiger partial charge in [0.05, 0.1) is 23.6 Å². The van der Waals surface area contributed by atoms with Crippen LogP contribution in [0.2, 0.25) is 0 Å². The minimum absolute atomic E-state index is 0.0974. The quantitative estimate of drug-likeness (QED) is 0.841. The third-order valence-corrected chi connectivity index (χ3v) is 3.39. The Hall–Kier alpha value is -2.00. The predicted octanol–water partition coefficient (Wildman–Crippen LogP) is 2.97. The van der Waals surface area contributed by atoms with Gasteiger partial charge in [0, 0.05) is 11.7 Å². The van der Waals surface area contributed by atoms with E-state index in [9.17, 15) is 0 Å². The van der Waals surface area contributed by atoms with Crippen molar-refractivity contribution in [2.24, 2.45) is 5.92 Å². The van der Waals surface area contributed by atoms with Gasteiger partial charge in [-0.25, -0.2) is 0 Å². The van der Waals surface area contributed by atoms with E-state index in [1.54, 1.807) is 0 Å². The first-order chi connectivity index (χ1) is 8.24. The second kappa shape index (κ2) is 4.89. The summed E-state index contributed by atoms with van der Waals surface area (Å²) >= 11 is 0. The highest BCUT2D eigenvalue weighted by Gasteiger charge is 2.27. The summed E-state index contributed by atoms with van der Waals surface area (Å²) in [5.74, 6) is 0.0974. The summed E-state index contributed by atoms with van der Waals surface area (Å²) in [6.07, 6.45) is 3.12. The molecule has 1 N–H and O–H groups in total. The van der Waals surface area contributed by atoms with Gasteiger partial charge in [0.2, 0.25) is 0 Å². The molecule has 0 amide bonds. The molecule has 2 unspecified atom stereocenters. The highest BCUT2D eigenvalue weighted by Crippen LogP contribution is 2.29. The molecule has 2 atom stereocenters. The van der Waals surface area contributed by atoms with Gasteiger partial charge in [-0.15, -0.1) is 0 Å². The summed E-state index contributed by atoms with van der Waals surface area (Å²) in [5, 5.41) is 21.3. The first-order valence-electron chi connectivity index (χ1n) is 5.91. The smallest absolute Gasteiger partial charge is 0.0992 e. The van der Waals surface area contributed by atoms with Crippen LogP contribution in [0.3, 0.4) is 0 Å². The fourth-order valence-corrected chi connectivity index (χ4v) is 2.33. The third kappa shape index (κ3) is 2.40. The highest BCUT2D eigenvalue weighted by molar-refractivity contribution is 5.56. The molecule has 1 fully saturated rings. The molecule has 1 aliphatic rings. The van der Waals surface area contributed by atoms with Crippen molar-refractivity contribution in [1.82, 2.24) is 0 Å². The Morgan fingerprint density at radius 1 is 1.29 bits per heavy atom. The van der Waals surface area contributed by atoms with E-state index in [2.05, 4.69) is 17.5 Å². The van der Waals surface area contributed by atoms with Crippen LogP contribution in [-0.2, 0) is 0 Å². The molecule has 1 aromatic rings. The number of anilines is 1. The second-order valence-corrected chi connectivity index (χ2v) is 4.56. The van der Waals surface area contributed by atoms with Crippen LogP contribution in [0.1, 0.15) is 30.4 Å². The van der Waals surface area contributed by atoms with Crippen LogP contribution >= 0.6 is 0 Å². The number of nitrogens with zero attached hydrogens (tertiary/aromatic N) is 2. The highest BCUT2D eigenvalue weighted by atomic mass is 14.9. The number of benzene rings is 1. The van der Waals surface area contributed by atoms with Gasteiger partial charge in [-0.05, 0) is 43.9 Å². The fraction of sp³-hybridized carbons (Fsp3) is 0.429. The summed E-state index contributed by atoms with van der Waals surface area (Å²) < 4.78 is 0. The molecule has 3 nitrogen and oxygen atoms in total. The molecule has 0 radical (unpaired) electrons. The summed E-state index contributed by atoms with van der Waals surface area (Å²) in [4.78, 5) is 0. The SMILES string of the molecule is Cc1ccc(C#N)cc1NC1CCCC1C#N. The predicted molar refractivity (Wildman–Crippen MR) is 66.3 cm³/mol. The number of nitriles is 2. The number of aryl methyl sites for hydroxylation is 1. The third-order valence-electron chi connectivity index (χ3n) is 3.39. The van der Waals surface area contributed by atoms with Crippen LogP contribution in [0.5, 0.6) is 0 Å². The van der Waals surface area contributed by atoms with Gasteiger partial charge in [0.15, 0.2) is 0 Å². The van der Waals surface area contributed by atoms with Crippen LogP contribution in [-0.4, -0.2) is 6.04 Å². The molecule has 0 aromatic heterocycles. The van der Waals surface area contributed by atoms with Crippen LogP contribution in [0.4, 0.5) is 5.69 Å². The molecule has 0 bridgehead atoms. The van der Waals surface area contributed by atoms with Crippen molar-refractivity contribution in [2.45, 2.75) is 32.2 Å². The largest absolute Gasteiger partial charge is 0.381 e. The number of nitrogens with one attached hydrogen (secondary N) is 1. The first kappa shape index (κ1) is 11.5. The fourth-order valence-electron chi connectivity index (χ4n) is 2.33. The van der Waals surface area contributed by atoms with Gasteiger partial charge >= 0.3 is 0 Å². The molecule has 17 heavy (non-hydrogen) atoms. The van der Waals surface area contributed by atoms with E-state index in [1.165, 1.54) is 0 Å². The van der Waals surface area contributed by atoms with Gasteiger partial charge in [0.1, 0.15) is 0 Å². The molecule has 3 heteroatoms. The van der Waals surface area contributed by atoms with Crippen LogP contribution in [0, 0.1) is 35.5 Å². The summed E-state index contributed by atoms with van der Waals surface area (Å²) in [6, 6.07) is 10.3. The monoisotopic (exact) mass is 225 g/mol. The standard InChI is InChI=1S/C14H15N3/c1-10-5-6-11(8-15)7-14(10)17-13-4-2-3-12(13)9-16/h5-7,12-13,17H,2-4H2,1H3. The zero-order valence-corrected chi connectivity index (χ0v) is 9.90. The van der Waals surface area contributed by atoms with E-state index in [0.29, 0.717) is 5.56 Å². The average molecular weight is 225 g/mol. The minimum atomic E-state index is 0.0974.